The monoisotopic (exact) mass is 456 g/mol. The summed E-state index contributed by atoms with van der Waals surface area (Å²) in [5.74, 6) is 3.51. The lowest BCUT2D eigenvalue weighted by atomic mass is 10.3. The van der Waals surface area contributed by atoms with E-state index in [2.05, 4.69) is 15.5 Å². The van der Waals surface area contributed by atoms with Crippen molar-refractivity contribution in [1.82, 2.24) is 14.8 Å². The summed E-state index contributed by atoms with van der Waals surface area (Å²) in [6.45, 7) is 4.77. The Kier molecular flexibility index (Phi) is 6.69. The van der Waals surface area contributed by atoms with Crippen LogP contribution in [0, 0.1) is 0 Å². The molecule has 9 nitrogen and oxygen atoms in total. The molecular formula is C22H24N4O5S. The van der Waals surface area contributed by atoms with Gasteiger partial charge in [-0.3, -0.25) is 4.79 Å². The van der Waals surface area contributed by atoms with Crippen LogP contribution in [-0.2, 0) is 11.3 Å². The minimum Gasteiger partial charge on any atom is -0.497 e. The van der Waals surface area contributed by atoms with Crippen LogP contribution in [0.2, 0.25) is 0 Å². The summed E-state index contributed by atoms with van der Waals surface area (Å²) in [5, 5.41) is 12.1. The molecule has 2 aromatic carbocycles. The molecule has 1 aromatic heterocycles. The first-order chi connectivity index (χ1) is 15.6. The van der Waals surface area contributed by atoms with Crippen LogP contribution in [0.25, 0.3) is 0 Å². The molecule has 168 valence electrons. The molecular weight excluding hydrogens is 432 g/mol. The number of methoxy groups -OCH3 is 1. The number of aromatic nitrogens is 3. The average molecular weight is 457 g/mol. The van der Waals surface area contributed by atoms with Crippen molar-refractivity contribution in [3.8, 4) is 23.0 Å². The van der Waals surface area contributed by atoms with Crippen LogP contribution in [0.3, 0.4) is 0 Å². The maximum absolute atomic E-state index is 12.4. The molecule has 1 amide bonds. The number of hydrogen-bond donors (Lipinski definition) is 1. The second kappa shape index (κ2) is 9.82. The number of carbonyl (C=O) groups is 1. The van der Waals surface area contributed by atoms with Gasteiger partial charge in [-0.15, -0.1) is 10.2 Å². The van der Waals surface area contributed by atoms with E-state index in [0.717, 1.165) is 5.75 Å². The number of benzene rings is 2. The number of fused-ring (bicyclic) bond motifs is 1. The van der Waals surface area contributed by atoms with Crippen LogP contribution in [0.5, 0.6) is 23.0 Å². The summed E-state index contributed by atoms with van der Waals surface area (Å²) in [5.41, 5.74) is 0.652. The minimum absolute atomic E-state index is 0.149. The van der Waals surface area contributed by atoms with E-state index in [1.165, 1.54) is 11.8 Å². The van der Waals surface area contributed by atoms with Crippen molar-refractivity contribution >= 4 is 23.4 Å². The van der Waals surface area contributed by atoms with Gasteiger partial charge < -0.3 is 28.8 Å². The van der Waals surface area contributed by atoms with Gasteiger partial charge in [-0.05, 0) is 50.2 Å². The average Bonchev–Trinajstić information content (AvgIpc) is 3.44. The Labute approximate surface area is 190 Å². The number of anilines is 1. The van der Waals surface area contributed by atoms with Crippen molar-refractivity contribution in [3.05, 3.63) is 48.3 Å². The molecule has 1 unspecified atom stereocenters. The largest absolute Gasteiger partial charge is 0.497 e. The molecule has 1 atom stereocenters. The van der Waals surface area contributed by atoms with E-state index in [1.54, 1.807) is 25.3 Å². The third kappa shape index (κ3) is 4.91. The zero-order valence-electron chi connectivity index (χ0n) is 18.0. The van der Waals surface area contributed by atoms with Crippen LogP contribution in [0.1, 0.15) is 25.8 Å². The predicted octanol–water partition coefficient (Wildman–Crippen LogP) is 3.91. The van der Waals surface area contributed by atoms with Gasteiger partial charge in [0.15, 0.2) is 28.6 Å². The van der Waals surface area contributed by atoms with Gasteiger partial charge in [0, 0.05) is 18.3 Å². The summed E-state index contributed by atoms with van der Waals surface area (Å²) >= 11 is 1.32. The molecule has 1 N–H and O–H groups in total. The summed E-state index contributed by atoms with van der Waals surface area (Å²) in [4.78, 5) is 12.4. The summed E-state index contributed by atoms with van der Waals surface area (Å²) in [7, 11) is 1.62. The standard InChI is InChI=1S/C22H24N4O5S/c1-4-26-21(14(2)31-17-8-6-16(28-3)7-9-17)24-25-22(26)32-12-20(27)23-15-5-10-18-19(11-15)30-13-29-18/h5-11,14H,4,12-13H2,1-3H3,(H,23,27). The van der Waals surface area contributed by atoms with E-state index >= 15 is 0 Å². The van der Waals surface area contributed by atoms with Gasteiger partial charge in [-0.1, -0.05) is 11.8 Å². The van der Waals surface area contributed by atoms with Crippen LogP contribution in [0.15, 0.2) is 47.6 Å². The van der Waals surface area contributed by atoms with Crippen molar-refractivity contribution in [3.63, 3.8) is 0 Å². The fourth-order valence-electron chi connectivity index (χ4n) is 3.22. The van der Waals surface area contributed by atoms with Crippen molar-refractivity contribution < 1.29 is 23.7 Å². The van der Waals surface area contributed by atoms with Gasteiger partial charge in [0.2, 0.25) is 12.7 Å². The smallest absolute Gasteiger partial charge is 0.234 e. The Morgan fingerprint density at radius 2 is 1.91 bits per heavy atom. The minimum atomic E-state index is -0.312. The molecule has 0 radical (unpaired) electrons. The normalized spacial score (nSPS) is 13.0. The lowest BCUT2D eigenvalue weighted by molar-refractivity contribution is -0.113. The molecule has 0 saturated carbocycles. The number of ether oxygens (including phenoxy) is 4. The number of amides is 1. The topological polar surface area (TPSA) is 96.7 Å². The quantitative estimate of drug-likeness (QED) is 0.484. The zero-order chi connectivity index (χ0) is 22.5. The Morgan fingerprint density at radius 1 is 1.16 bits per heavy atom. The lowest BCUT2D eigenvalue weighted by Gasteiger charge is -2.15. The Morgan fingerprint density at radius 3 is 2.66 bits per heavy atom. The molecule has 1 aliphatic heterocycles. The molecule has 0 saturated heterocycles. The number of nitrogens with zero attached hydrogens (tertiary/aromatic N) is 3. The molecule has 0 spiro atoms. The van der Waals surface area contributed by atoms with Gasteiger partial charge in [0.05, 0.1) is 12.9 Å². The van der Waals surface area contributed by atoms with E-state index in [-0.39, 0.29) is 24.6 Å². The molecule has 0 aliphatic carbocycles. The van der Waals surface area contributed by atoms with Crippen LogP contribution in [-0.4, -0.2) is 40.3 Å². The molecule has 0 fully saturated rings. The Bertz CT molecular complexity index is 1090. The van der Waals surface area contributed by atoms with Gasteiger partial charge in [-0.25, -0.2) is 0 Å². The Balaban J connectivity index is 1.36. The first-order valence-electron chi connectivity index (χ1n) is 10.1. The van der Waals surface area contributed by atoms with E-state index in [1.807, 2.05) is 42.7 Å². The highest BCUT2D eigenvalue weighted by molar-refractivity contribution is 7.99. The van der Waals surface area contributed by atoms with Gasteiger partial charge in [-0.2, -0.15) is 0 Å². The van der Waals surface area contributed by atoms with E-state index in [9.17, 15) is 4.79 Å². The predicted molar refractivity (Wildman–Crippen MR) is 120 cm³/mol. The number of carbonyl (C=O) groups excluding carboxylic acids is 1. The van der Waals surface area contributed by atoms with Crippen LogP contribution in [0.4, 0.5) is 5.69 Å². The summed E-state index contributed by atoms with van der Waals surface area (Å²) in [6.07, 6.45) is -0.312. The molecule has 32 heavy (non-hydrogen) atoms. The fraction of sp³-hybridized carbons (Fsp3) is 0.318. The van der Waals surface area contributed by atoms with Gasteiger partial charge in [0.1, 0.15) is 11.5 Å². The highest BCUT2D eigenvalue weighted by atomic mass is 32.2. The first kappa shape index (κ1) is 21.8. The third-order valence-corrected chi connectivity index (χ3v) is 5.75. The second-order valence-corrected chi connectivity index (χ2v) is 7.87. The first-order valence-corrected chi connectivity index (χ1v) is 11.1. The highest BCUT2D eigenvalue weighted by Gasteiger charge is 2.20. The van der Waals surface area contributed by atoms with Crippen molar-refractivity contribution in [2.24, 2.45) is 0 Å². The second-order valence-electron chi connectivity index (χ2n) is 6.93. The zero-order valence-corrected chi connectivity index (χ0v) is 18.8. The summed E-state index contributed by atoms with van der Waals surface area (Å²) < 4.78 is 23.8. The van der Waals surface area contributed by atoms with E-state index in [0.29, 0.717) is 40.5 Å². The molecule has 4 rings (SSSR count). The van der Waals surface area contributed by atoms with E-state index in [4.69, 9.17) is 18.9 Å². The fourth-order valence-corrected chi connectivity index (χ4v) is 4.03. The highest BCUT2D eigenvalue weighted by Crippen LogP contribution is 2.34. The molecule has 0 bridgehead atoms. The maximum atomic E-state index is 12.4. The Hall–Kier alpha value is -3.40. The molecule has 2 heterocycles. The molecule has 3 aromatic rings. The van der Waals surface area contributed by atoms with Gasteiger partial charge in [0.25, 0.3) is 0 Å². The van der Waals surface area contributed by atoms with Crippen molar-refractivity contribution in [2.75, 3.05) is 25.0 Å². The summed E-state index contributed by atoms with van der Waals surface area (Å²) in [6, 6.07) is 12.7. The van der Waals surface area contributed by atoms with Crippen LogP contribution < -0.4 is 24.3 Å². The van der Waals surface area contributed by atoms with Crippen molar-refractivity contribution in [2.45, 2.75) is 31.7 Å². The number of thioether (sulfide) groups is 1. The number of hydrogen-bond acceptors (Lipinski definition) is 8. The number of nitrogens with one attached hydrogen (secondary N) is 1. The van der Waals surface area contributed by atoms with E-state index < -0.39 is 0 Å². The number of rotatable bonds is 9. The lowest BCUT2D eigenvalue weighted by Crippen LogP contribution is -2.15. The third-order valence-electron chi connectivity index (χ3n) is 4.79. The van der Waals surface area contributed by atoms with Gasteiger partial charge >= 0.3 is 0 Å². The van der Waals surface area contributed by atoms with Crippen molar-refractivity contribution in [1.29, 1.82) is 0 Å². The molecule has 1 aliphatic rings. The molecule has 10 heteroatoms. The van der Waals surface area contributed by atoms with Crippen LogP contribution >= 0.6 is 11.8 Å². The SMILES string of the molecule is CCn1c(SCC(=O)Nc2ccc3c(c2)OCO3)nnc1C(C)Oc1ccc(OC)cc1. The maximum Gasteiger partial charge on any atom is 0.234 e.